The molecule has 0 saturated carbocycles. The van der Waals surface area contributed by atoms with E-state index in [4.69, 9.17) is 0 Å². The van der Waals surface area contributed by atoms with E-state index in [2.05, 4.69) is 20.3 Å². The largest absolute Gasteiger partial charge is 0.573 e. The molecule has 6 nitrogen and oxygen atoms in total. The topological polar surface area (TPSA) is 69.0 Å². The number of carbonyl (C=O) groups is 1. The number of aromatic nitrogens is 3. The van der Waals surface area contributed by atoms with Gasteiger partial charge in [-0.2, -0.15) is 0 Å². The summed E-state index contributed by atoms with van der Waals surface area (Å²) in [7, 11) is 0. The molecule has 4 aromatic rings. The van der Waals surface area contributed by atoms with E-state index >= 15 is 0 Å². The maximum atomic E-state index is 13.3. The highest BCUT2D eigenvalue weighted by atomic mass is 32.2. The zero-order chi connectivity index (χ0) is 24.8. The summed E-state index contributed by atoms with van der Waals surface area (Å²) in [6.45, 7) is 0. The number of halogens is 4. The summed E-state index contributed by atoms with van der Waals surface area (Å²) in [5.41, 5.74) is 1.98. The van der Waals surface area contributed by atoms with Crippen LogP contribution in [0.25, 0.3) is 5.69 Å². The van der Waals surface area contributed by atoms with Crippen molar-refractivity contribution in [1.82, 2.24) is 14.8 Å². The van der Waals surface area contributed by atoms with E-state index in [0.717, 1.165) is 35.1 Å². The van der Waals surface area contributed by atoms with E-state index < -0.39 is 6.36 Å². The number of benzene rings is 3. The van der Waals surface area contributed by atoms with Crippen molar-refractivity contribution in [1.29, 1.82) is 0 Å². The van der Waals surface area contributed by atoms with E-state index in [1.54, 1.807) is 12.1 Å². The number of hydrogen-bond donors (Lipinski definition) is 1. The number of para-hydroxylation sites is 1. The van der Waals surface area contributed by atoms with Crippen LogP contribution < -0.4 is 10.1 Å². The van der Waals surface area contributed by atoms with Crippen LogP contribution in [0.2, 0.25) is 0 Å². The highest BCUT2D eigenvalue weighted by molar-refractivity contribution is 7.99. The number of alkyl halides is 3. The molecular formula is C24H18F4N4O2S. The van der Waals surface area contributed by atoms with E-state index in [0.29, 0.717) is 23.1 Å². The Bertz CT molecular complexity index is 1280. The van der Waals surface area contributed by atoms with Gasteiger partial charge in [0.1, 0.15) is 17.4 Å². The maximum absolute atomic E-state index is 13.3. The minimum Gasteiger partial charge on any atom is -0.406 e. The van der Waals surface area contributed by atoms with Crippen molar-refractivity contribution in [3.8, 4) is 11.4 Å². The zero-order valence-corrected chi connectivity index (χ0v) is 18.8. The molecule has 0 aliphatic rings. The monoisotopic (exact) mass is 502 g/mol. The molecule has 3 aromatic carbocycles. The molecule has 0 fully saturated rings. The lowest BCUT2D eigenvalue weighted by Gasteiger charge is -2.11. The summed E-state index contributed by atoms with van der Waals surface area (Å²) >= 11 is 1.16. The van der Waals surface area contributed by atoms with Gasteiger partial charge in [0.2, 0.25) is 5.91 Å². The highest BCUT2D eigenvalue weighted by Gasteiger charge is 2.31. The lowest BCUT2D eigenvalue weighted by Crippen LogP contribution is -2.17. The Morgan fingerprint density at radius 1 is 0.943 bits per heavy atom. The molecule has 0 atom stereocenters. The summed E-state index contributed by atoms with van der Waals surface area (Å²) in [5, 5.41) is 11.6. The fraction of sp³-hybridized carbons (Fsp3) is 0.125. The van der Waals surface area contributed by atoms with Crippen molar-refractivity contribution in [3.05, 3.63) is 96.1 Å². The van der Waals surface area contributed by atoms with Gasteiger partial charge in [-0.15, -0.1) is 23.4 Å². The average molecular weight is 502 g/mol. The fourth-order valence-electron chi connectivity index (χ4n) is 3.20. The molecule has 1 N–H and O–H groups in total. The van der Waals surface area contributed by atoms with E-state index in [1.807, 2.05) is 34.9 Å². The number of anilines is 1. The highest BCUT2D eigenvalue weighted by Crippen LogP contribution is 2.26. The predicted octanol–water partition coefficient (Wildman–Crippen LogP) is 5.63. The van der Waals surface area contributed by atoms with Crippen molar-refractivity contribution >= 4 is 23.4 Å². The van der Waals surface area contributed by atoms with Gasteiger partial charge in [-0.3, -0.25) is 9.36 Å². The first-order valence-electron chi connectivity index (χ1n) is 10.3. The molecule has 0 aliphatic carbocycles. The second kappa shape index (κ2) is 10.6. The summed E-state index contributed by atoms with van der Waals surface area (Å²) in [4.78, 5) is 12.4. The Labute approximate surface area is 201 Å². The average Bonchev–Trinajstić information content (AvgIpc) is 3.22. The van der Waals surface area contributed by atoms with Crippen molar-refractivity contribution in [2.75, 3.05) is 11.1 Å². The van der Waals surface area contributed by atoms with E-state index in [9.17, 15) is 22.4 Å². The van der Waals surface area contributed by atoms with Crippen LogP contribution >= 0.6 is 11.8 Å². The third-order valence-corrected chi connectivity index (χ3v) is 5.62. The third-order valence-electron chi connectivity index (χ3n) is 4.69. The van der Waals surface area contributed by atoms with E-state index in [-0.39, 0.29) is 23.2 Å². The number of ether oxygens (including phenoxy) is 1. The number of nitrogens with zero attached hydrogens (tertiary/aromatic N) is 3. The number of amides is 1. The molecule has 0 spiro atoms. The van der Waals surface area contributed by atoms with Crippen LogP contribution in [0.4, 0.5) is 23.2 Å². The Morgan fingerprint density at radius 2 is 1.63 bits per heavy atom. The molecule has 1 heterocycles. The predicted molar refractivity (Wildman–Crippen MR) is 123 cm³/mol. The molecule has 0 unspecified atom stereocenters. The van der Waals surface area contributed by atoms with Gasteiger partial charge in [0, 0.05) is 17.8 Å². The van der Waals surface area contributed by atoms with Crippen LogP contribution in [0.1, 0.15) is 11.4 Å². The van der Waals surface area contributed by atoms with Gasteiger partial charge in [-0.25, -0.2) is 4.39 Å². The molecule has 180 valence electrons. The normalized spacial score (nSPS) is 11.3. The molecule has 11 heteroatoms. The van der Waals surface area contributed by atoms with Crippen LogP contribution in [0, 0.1) is 5.82 Å². The Kier molecular flexibility index (Phi) is 7.35. The molecule has 35 heavy (non-hydrogen) atoms. The van der Waals surface area contributed by atoms with Crippen LogP contribution in [0.3, 0.4) is 0 Å². The van der Waals surface area contributed by atoms with Crippen molar-refractivity contribution in [2.45, 2.75) is 17.9 Å². The molecule has 0 aliphatic heterocycles. The summed E-state index contributed by atoms with van der Waals surface area (Å²) < 4.78 is 55.8. The van der Waals surface area contributed by atoms with Crippen molar-refractivity contribution < 1.29 is 27.1 Å². The summed E-state index contributed by atoms with van der Waals surface area (Å²) in [6, 6.07) is 20.3. The Morgan fingerprint density at radius 3 is 2.29 bits per heavy atom. The van der Waals surface area contributed by atoms with Gasteiger partial charge in [0.25, 0.3) is 0 Å². The third kappa shape index (κ3) is 6.82. The number of thioether (sulfide) groups is 1. The van der Waals surface area contributed by atoms with Gasteiger partial charge < -0.3 is 10.1 Å². The minimum absolute atomic E-state index is 0.0116. The summed E-state index contributed by atoms with van der Waals surface area (Å²) in [6.07, 6.45) is -4.38. The van der Waals surface area contributed by atoms with E-state index in [1.165, 1.54) is 24.3 Å². The zero-order valence-electron chi connectivity index (χ0n) is 18.0. The van der Waals surface area contributed by atoms with Crippen LogP contribution in [-0.4, -0.2) is 32.8 Å². The number of rotatable bonds is 8. The number of hydrogen-bond acceptors (Lipinski definition) is 5. The molecule has 0 saturated heterocycles. The quantitative estimate of drug-likeness (QED) is 0.250. The van der Waals surface area contributed by atoms with Crippen molar-refractivity contribution in [2.24, 2.45) is 0 Å². The van der Waals surface area contributed by atoms with Gasteiger partial charge in [-0.05, 0) is 54.1 Å². The lowest BCUT2D eigenvalue weighted by atomic mass is 10.1. The molecular weight excluding hydrogens is 484 g/mol. The molecule has 0 radical (unpaired) electrons. The molecule has 1 aromatic heterocycles. The number of nitrogens with one attached hydrogen (secondary N) is 1. The molecule has 1 amide bonds. The fourth-order valence-corrected chi connectivity index (χ4v) is 3.97. The second-order valence-corrected chi connectivity index (χ2v) is 8.22. The smallest absolute Gasteiger partial charge is 0.406 e. The second-order valence-electron chi connectivity index (χ2n) is 7.28. The minimum atomic E-state index is -4.79. The van der Waals surface area contributed by atoms with Crippen LogP contribution in [-0.2, 0) is 11.2 Å². The van der Waals surface area contributed by atoms with Crippen LogP contribution in [0.15, 0.2) is 84.0 Å². The van der Waals surface area contributed by atoms with Gasteiger partial charge in [-0.1, -0.05) is 42.1 Å². The van der Waals surface area contributed by atoms with Crippen molar-refractivity contribution in [3.63, 3.8) is 0 Å². The lowest BCUT2D eigenvalue weighted by molar-refractivity contribution is -0.274. The Balaban J connectivity index is 1.45. The maximum Gasteiger partial charge on any atom is 0.573 e. The first kappa shape index (κ1) is 24.3. The molecule has 4 rings (SSSR count). The number of carbonyl (C=O) groups excluding carboxylic acids is 1. The van der Waals surface area contributed by atoms with Gasteiger partial charge in [0.05, 0.1) is 5.75 Å². The Hall–Kier alpha value is -3.86. The SMILES string of the molecule is O=C(CSc1nnc(Cc2ccc(F)cc2)n1-c1ccccc1)Nc1ccc(OC(F)(F)F)cc1. The van der Waals surface area contributed by atoms with Crippen LogP contribution in [0.5, 0.6) is 5.75 Å². The first-order valence-corrected chi connectivity index (χ1v) is 11.3. The van der Waals surface area contributed by atoms with Gasteiger partial charge in [0.15, 0.2) is 5.16 Å². The summed E-state index contributed by atoms with van der Waals surface area (Å²) in [5.74, 6) is -0.479. The standard InChI is InChI=1S/C24H18F4N4O2S/c25-17-8-6-16(7-9-17)14-21-30-31-23(32(21)19-4-2-1-3-5-19)35-15-22(33)29-18-10-12-20(13-11-18)34-24(26,27)28/h1-13H,14-15H2,(H,29,33). The molecule has 0 bridgehead atoms. The first-order chi connectivity index (χ1) is 16.8. The van der Waals surface area contributed by atoms with Gasteiger partial charge >= 0.3 is 6.36 Å².